The number of carbonyl (C=O) groups is 3. The van der Waals surface area contributed by atoms with Crippen molar-refractivity contribution < 1.29 is 28.6 Å². The minimum absolute atomic E-state index is 0.0488. The molecule has 7 atom stereocenters. The normalized spacial score (nSPS) is 19.9. The Morgan fingerprint density at radius 3 is 2.20 bits per heavy atom. The molecule has 1 aliphatic rings. The summed E-state index contributed by atoms with van der Waals surface area (Å²) in [5, 5.41) is 0. The number of esters is 1. The lowest BCUT2D eigenvalue weighted by atomic mass is 9.88. The monoisotopic (exact) mass is 560 g/mol. The van der Waals surface area contributed by atoms with Gasteiger partial charge in [0, 0.05) is 33.7 Å². The van der Waals surface area contributed by atoms with Crippen LogP contribution in [0.3, 0.4) is 0 Å². The topological polar surface area (TPSA) is 85.4 Å². The van der Waals surface area contributed by atoms with Gasteiger partial charge in [0.2, 0.25) is 11.8 Å². The van der Waals surface area contributed by atoms with E-state index < -0.39 is 18.1 Å². The van der Waals surface area contributed by atoms with E-state index in [4.69, 9.17) is 14.2 Å². The Labute approximate surface area is 241 Å². The van der Waals surface area contributed by atoms with Gasteiger partial charge in [-0.25, -0.2) is 0 Å². The van der Waals surface area contributed by atoms with Gasteiger partial charge in [0.25, 0.3) is 0 Å². The highest BCUT2D eigenvalue weighted by Gasteiger charge is 2.42. The van der Waals surface area contributed by atoms with Crippen molar-refractivity contribution in [2.75, 3.05) is 27.8 Å². The lowest BCUT2D eigenvalue weighted by molar-refractivity contribution is -0.158. The van der Waals surface area contributed by atoms with Crippen LogP contribution in [-0.4, -0.2) is 79.7 Å². The van der Waals surface area contributed by atoms with E-state index in [-0.39, 0.29) is 60.6 Å². The summed E-state index contributed by atoms with van der Waals surface area (Å²) in [4.78, 5) is 43.6. The molecule has 0 bridgehead atoms. The second-order valence-corrected chi connectivity index (χ2v) is 11.7. The third kappa shape index (κ3) is 8.53. The Kier molecular flexibility index (Phi) is 13.6. The molecule has 2 amide bonds. The molecule has 2 rings (SSSR count). The van der Waals surface area contributed by atoms with Gasteiger partial charge < -0.3 is 24.0 Å². The van der Waals surface area contributed by atoms with E-state index in [9.17, 15) is 14.4 Å². The number of amides is 2. The number of nitrogens with zero attached hydrogens (tertiary/aromatic N) is 2. The molecule has 1 aromatic carbocycles. The summed E-state index contributed by atoms with van der Waals surface area (Å²) in [6.45, 7) is 12.8. The van der Waals surface area contributed by atoms with Crippen molar-refractivity contribution in [3.05, 3.63) is 35.9 Å². The van der Waals surface area contributed by atoms with Crippen LogP contribution < -0.4 is 0 Å². The second-order valence-electron chi connectivity index (χ2n) is 11.7. The van der Waals surface area contributed by atoms with Gasteiger partial charge in [0.05, 0.1) is 36.6 Å². The third-order valence-corrected chi connectivity index (χ3v) is 8.83. The minimum Gasteiger partial charge on any atom is -0.461 e. The molecule has 0 radical (unpaired) electrons. The Hall–Kier alpha value is -2.45. The van der Waals surface area contributed by atoms with Gasteiger partial charge in [-0.15, -0.1) is 0 Å². The van der Waals surface area contributed by atoms with Crippen LogP contribution in [0.4, 0.5) is 0 Å². The predicted molar refractivity (Wildman–Crippen MR) is 156 cm³/mol. The molecule has 0 spiro atoms. The molecule has 0 aromatic heterocycles. The zero-order valence-electron chi connectivity index (χ0n) is 26.1. The Morgan fingerprint density at radius 1 is 1.00 bits per heavy atom. The van der Waals surface area contributed by atoms with Crippen molar-refractivity contribution >= 4 is 17.8 Å². The number of methoxy groups -OCH3 is 2. The number of likely N-dealkylation sites (N-methyl/N-ethyl adjacent to an activating group) is 1. The Balaban J connectivity index is 2.16. The number of hydrogen-bond acceptors (Lipinski definition) is 6. The highest BCUT2D eigenvalue weighted by atomic mass is 16.5. The van der Waals surface area contributed by atoms with E-state index in [2.05, 4.69) is 13.8 Å². The summed E-state index contributed by atoms with van der Waals surface area (Å²) in [6.07, 6.45) is 1.64. The van der Waals surface area contributed by atoms with E-state index in [1.54, 1.807) is 26.0 Å². The fraction of sp³-hybridized carbons (Fsp3) is 0.719. The summed E-state index contributed by atoms with van der Waals surface area (Å²) >= 11 is 0. The summed E-state index contributed by atoms with van der Waals surface area (Å²) in [5.41, 5.74) is 0.919. The molecule has 8 heteroatoms. The maximum atomic E-state index is 13.8. The maximum Gasteiger partial charge on any atom is 0.311 e. The van der Waals surface area contributed by atoms with Crippen molar-refractivity contribution in [2.45, 2.75) is 98.1 Å². The molecule has 0 unspecified atom stereocenters. The molecule has 1 heterocycles. The van der Waals surface area contributed by atoms with E-state index in [0.717, 1.165) is 24.8 Å². The minimum atomic E-state index is -0.542. The molecule has 0 N–H and O–H groups in total. The van der Waals surface area contributed by atoms with E-state index >= 15 is 0 Å². The van der Waals surface area contributed by atoms with Crippen molar-refractivity contribution in [1.82, 2.24) is 9.80 Å². The van der Waals surface area contributed by atoms with Crippen LogP contribution in [0.15, 0.2) is 30.3 Å². The van der Waals surface area contributed by atoms with Gasteiger partial charge in [-0.2, -0.15) is 0 Å². The smallest absolute Gasteiger partial charge is 0.311 e. The van der Waals surface area contributed by atoms with Crippen LogP contribution in [0, 0.1) is 23.7 Å². The van der Waals surface area contributed by atoms with Gasteiger partial charge in [-0.1, -0.05) is 71.4 Å². The summed E-state index contributed by atoms with van der Waals surface area (Å²) < 4.78 is 17.3. The van der Waals surface area contributed by atoms with Crippen molar-refractivity contribution in [3.8, 4) is 0 Å². The number of benzene rings is 1. The Bertz CT molecular complexity index is 939. The first-order valence-electron chi connectivity index (χ1n) is 14.8. The standard InChI is InChI=1S/C32H52N2O6/c1-10-22(4)29(33(7)31(36)23(5)21(2)3)27(38-8)19-28(35)34-18-14-17-26(34)30(39-9)24(6)32(37)40-20-25-15-12-11-13-16-25/h11-13,15-16,21-24,26-27,29-30H,10,14,17-20H2,1-9H3/t22-,23-,24+,26-,27+,29-,30+/m0/s1. The van der Waals surface area contributed by atoms with Crippen molar-refractivity contribution in [3.63, 3.8) is 0 Å². The molecule has 0 aliphatic carbocycles. The summed E-state index contributed by atoms with van der Waals surface area (Å²) in [6, 6.07) is 9.08. The van der Waals surface area contributed by atoms with Crippen LogP contribution in [0.25, 0.3) is 0 Å². The van der Waals surface area contributed by atoms with Crippen LogP contribution in [0.2, 0.25) is 0 Å². The zero-order valence-corrected chi connectivity index (χ0v) is 26.1. The molecule has 40 heavy (non-hydrogen) atoms. The summed E-state index contributed by atoms with van der Waals surface area (Å²) in [5.74, 6) is -0.637. The number of likely N-dealkylation sites (tertiary alicyclic amines) is 1. The van der Waals surface area contributed by atoms with Crippen LogP contribution in [0.5, 0.6) is 0 Å². The quantitative estimate of drug-likeness (QED) is 0.283. The first-order valence-corrected chi connectivity index (χ1v) is 14.8. The van der Waals surface area contributed by atoms with Crippen LogP contribution >= 0.6 is 0 Å². The van der Waals surface area contributed by atoms with E-state index in [1.165, 1.54) is 0 Å². The number of ether oxygens (including phenoxy) is 3. The second kappa shape index (κ2) is 16.1. The van der Waals surface area contributed by atoms with Gasteiger partial charge in [-0.3, -0.25) is 14.4 Å². The zero-order chi connectivity index (χ0) is 30.0. The van der Waals surface area contributed by atoms with Crippen LogP contribution in [0.1, 0.15) is 72.8 Å². The van der Waals surface area contributed by atoms with Gasteiger partial charge in [0.1, 0.15) is 6.61 Å². The largest absolute Gasteiger partial charge is 0.461 e. The van der Waals surface area contributed by atoms with Crippen molar-refractivity contribution in [2.24, 2.45) is 23.7 Å². The fourth-order valence-corrected chi connectivity index (χ4v) is 5.76. The molecular formula is C32H52N2O6. The van der Waals surface area contributed by atoms with E-state index in [1.807, 2.05) is 63.1 Å². The Morgan fingerprint density at radius 2 is 1.65 bits per heavy atom. The van der Waals surface area contributed by atoms with Gasteiger partial charge >= 0.3 is 5.97 Å². The van der Waals surface area contributed by atoms with Gasteiger partial charge in [-0.05, 0) is 37.2 Å². The molecule has 1 saturated heterocycles. The third-order valence-electron chi connectivity index (χ3n) is 8.83. The van der Waals surface area contributed by atoms with E-state index in [0.29, 0.717) is 6.54 Å². The molecular weight excluding hydrogens is 508 g/mol. The first-order chi connectivity index (χ1) is 19.0. The highest BCUT2D eigenvalue weighted by molar-refractivity contribution is 5.80. The number of rotatable bonds is 15. The number of hydrogen-bond donors (Lipinski definition) is 0. The van der Waals surface area contributed by atoms with Crippen LogP contribution in [-0.2, 0) is 35.2 Å². The van der Waals surface area contributed by atoms with Crippen molar-refractivity contribution in [1.29, 1.82) is 0 Å². The fourth-order valence-electron chi connectivity index (χ4n) is 5.76. The average Bonchev–Trinajstić information content (AvgIpc) is 3.44. The molecule has 1 fully saturated rings. The molecule has 1 aromatic rings. The highest BCUT2D eigenvalue weighted by Crippen LogP contribution is 2.30. The van der Waals surface area contributed by atoms with Gasteiger partial charge in [0.15, 0.2) is 0 Å². The molecule has 8 nitrogen and oxygen atoms in total. The SMILES string of the molecule is CC[C@H](C)[C@@H]([C@@H](CC(=O)N1CCC[C@H]1[C@H](OC)[C@@H](C)C(=O)OCc1ccccc1)OC)N(C)C(=O)[C@@H](C)C(C)C. The molecule has 0 saturated carbocycles. The maximum absolute atomic E-state index is 13.8. The lowest BCUT2D eigenvalue weighted by Crippen LogP contribution is -2.53. The predicted octanol–water partition coefficient (Wildman–Crippen LogP) is 4.94. The number of carbonyl (C=O) groups excluding carboxylic acids is 3. The average molecular weight is 561 g/mol. The first kappa shape index (κ1) is 33.8. The summed E-state index contributed by atoms with van der Waals surface area (Å²) in [7, 11) is 5.03. The molecule has 1 aliphatic heterocycles. The molecule has 226 valence electrons. The lowest BCUT2D eigenvalue weighted by Gasteiger charge is -2.40.